The zero-order valence-corrected chi connectivity index (χ0v) is 14.4. The molecule has 0 aliphatic heterocycles. The summed E-state index contributed by atoms with van der Waals surface area (Å²) >= 11 is 0. The molecule has 0 bridgehead atoms. The molecule has 0 saturated carbocycles. The van der Waals surface area contributed by atoms with Crippen molar-refractivity contribution in [2.45, 2.75) is 71.1 Å². The second-order valence-electron chi connectivity index (χ2n) is 5.56. The van der Waals surface area contributed by atoms with Crippen molar-refractivity contribution in [2.24, 2.45) is 0 Å². The standard InChI is InChI=1S/C20H32O3/c1-2-3-4-5-6-7-8-9-10-11-12-13-14-16-19(21)17-15-18-20(22)23/h6-7,9-10,12-13,16,21H,2-5,8,11,14-15,17-18H2,1H3,(H,22,23). The SMILES string of the molecule is CCCCCC=CCC=CCC=CCC=C(O)CCCC(=O)O. The molecule has 0 spiro atoms. The molecule has 0 aliphatic carbocycles. The van der Waals surface area contributed by atoms with Crippen molar-refractivity contribution >= 4 is 5.97 Å². The molecular formula is C20H32O3. The molecule has 0 aliphatic rings. The Balaban J connectivity index is 3.58. The van der Waals surface area contributed by atoms with Crippen molar-refractivity contribution in [3.63, 3.8) is 0 Å². The van der Waals surface area contributed by atoms with Gasteiger partial charge in [-0.1, -0.05) is 56.2 Å². The van der Waals surface area contributed by atoms with E-state index in [1.54, 1.807) is 6.08 Å². The average Bonchev–Trinajstić information content (AvgIpc) is 2.51. The number of unbranched alkanes of at least 4 members (excludes halogenated alkanes) is 3. The van der Waals surface area contributed by atoms with Crippen LogP contribution in [0, 0.1) is 0 Å². The van der Waals surface area contributed by atoms with Crippen molar-refractivity contribution in [1.29, 1.82) is 0 Å². The van der Waals surface area contributed by atoms with E-state index < -0.39 is 5.97 Å². The molecule has 0 saturated heterocycles. The fourth-order valence-corrected chi connectivity index (χ4v) is 2.00. The van der Waals surface area contributed by atoms with Gasteiger partial charge in [-0.15, -0.1) is 0 Å². The van der Waals surface area contributed by atoms with Crippen LogP contribution in [-0.2, 0) is 4.79 Å². The molecule has 0 radical (unpaired) electrons. The van der Waals surface area contributed by atoms with Crippen LogP contribution >= 0.6 is 0 Å². The lowest BCUT2D eigenvalue weighted by molar-refractivity contribution is -0.137. The first kappa shape index (κ1) is 21.2. The van der Waals surface area contributed by atoms with Crippen LogP contribution < -0.4 is 0 Å². The Bertz CT molecular complexity index is 403. The molecule has 0 fully saturated rings. The molecular weight excluding hydrogens is 288 g/mol. The van der Waals surface area contributed by atoms with Crippen molar-refractivity contribution in [3.8, 4) is 0 Å². The molecule has 3 nitrogen and oxygen atoms in total. The summed E-state index contributed by atoms with van der Waals surface area (Å²) in [5.74, 6) is -0.542. The summed E-state index contributed by atoms with van der Waals surface area (Å²) in [6.45, 7) is 2.22. The first-order valence-electron chi connectivity index (χ1n) is 8.71. The van der Waals surface area contributed by atoms with Crippen LogP contribution in [-0.4, -0.2) is 16.2 Å². The highest BCUT2D eigenvalue weighted by molar-refractivity contribution is 5.66. The van der Waals surface area contributed by atoms with Gasteiger partial charge in [0.25, 0.3) is 0 Å². The van der Waals surface area contributed by atoms with E-state index in [2.05, 4.69) is 37.3 Å². The highest BCUT2D eigenvalue weighted by atomic mass is 16.4. The maximum atomic E-state index is 10.3. The minimum atomic E-state index is -0.819. The second-order valence-corrected chi connectivity index (χ2v) is 5.56. The van der Waals surface area contributed by atoms with Crippen LogP contribution in [0.2, 0.25) is 0 Å². The lowest BCUT2D eigenvalue weighted by Crippen LogP contribution is -1.94. The first-order valence-corrected chi connectivity index (χ1v) is 8.71. The van der Waals surface area contributed by atoms with Gasteiger partial charge >= 0.3 is 5.97 Å². The summed E-state index contributed by atoms with van der Waals surface area (Å²) in [5, 5.41) is 18.1. The Labute approximate surface area is 141 Å². The molecule has 0 aromatic carbocycles. The van der Waals surface area contributed by atoms with Crippen LogP contribution in [0.1, 0.15) is 71.1 Å². The Hall–Kier alpha value is -1.77. The third kappa shape index (κ3) is 18.2. The molecule has 0 rings (SSSR count). The van der Waals surface area contributed by atoms with Crippen LogP contribution in [0.25, 0.3) is 0 Å². The van der Waals surface area contributed by atoms with Crippen molar-refractivity contribution in [1.82, 2.24) is 0 Å². The highest BCUT2D eigenvalue weighted by Crippen LogP contribution is 2.06. The summed E-state index contributed by atoms with van der Waals surface area (Å²) in [4.78, 5) is 10.3. The lowest BCUT2D eigenvalue weighted by Gasteiger charge is -1.97. The Morgan fingerprint density at radius 3 is 2.00 bits per heavy atom. The van der Waals surface area contributed by atoms with Gasteiger partial charge in [0.05, 0.1) is 5.76 Å². The van der Waals surface area contributed by atoms with Gasteiger partial charge in [0.2, 0.25) is 0 Å². The van der Waals surface area contributed by atoms with Crippen molar-refractivity contribution < 1.29 is 15.0 Å². The monoisotopic (exact) mass is 320 g/mol. The predicted octanol–water partition coefficient (Wildman–Crippen LogP) is 6.10. The van der Waals surface area contributed by atoms with Crippen LogP contribution in [0.5, 0.6) is 0 Å². The third-order valence-electron chi connectivity index (χ3n) is 3.33. The molecule has 0 atom stereocenters. The van der Waals surface area contributed by atoms with E-state index in [0.717, 1.165) is 12.8 Å². The number of rotatable bonds is 14. The molecule has 2 N–H and O–H groups in total. The van der Waals surface area contributed by atoms with Gasteiger partial charge in [-0.25, -0.2) is 0 Å². The lowest BCUT2D eigenvalue weighted by atomic mass is 10.2. The van der Waals surface area contributed by atoms with E-state index in [-0.39, 0.29) is 12.2 Å². The van der Waals surface area contributed by atoms with Crippen LogP contribution in [0.4, 0.5) is 0 Å². The summed E-state index contributed by atoms with van der Waals surface area (Å²) in [6.07, 6.45) is 23.3. The molecule has 3 heteroatoms. The number of carbonyl (C=O) groups is 1. The van der Waals surface area contributed by atoms with Gasteiger partial charge in [0.15, 0.2) is 0 Å². The summed E-state index contributed by atoms with van der Waals surface area (Å²) in [7, 11) is 0. The number of hydrogen-bond donors (Lipinski definition) is 2. The first-order chi connectivity index (χ1) is 11.2. The minimum absolute atomic E-state index is 0.103. The average molecular weight is 320 g/mol. The molecule has 130 valence electrons. The quantitative estimate of drug-likeness (QED) is 0.231. The number of aliphatic hydroxyl groups is 1. The molecule has 0 heterocycles. The number of aliphatic carboxylic acids is 1. The minimum Gasteiger partial charge on any atom is -0.513 e. The summed E-state index contributed by atoms with van der Waals surface area (Å²) in [5.41, 5.74) is 0. The van der Waals surface area contributed by atoms with Gasteiger partial charge < -0.3 is 10.2 Å². The topological polar surface area (TPSA) is 57.5 Å². The molecule has 0 unspecified atom stereocenters. The largest absolute Gasteiger partial charge is 0.513 e. The zero-order valence-electron chi connectivity index (χ0n) is 14.4. The van der Waals surface area contributed by atoms with Gasteiger partial charge in [0.1, 0.15) is 0 Å². The zero-order chi connectivity index (χ0) is 17.2. The van der Waals surface area contributed by atoms with Crippen LogP contribution in [0.3, 0.4) is 0 Å². The fraction of sp³-hybridized carbons (Fsp3) is 0.550. The van der Waals surface area contributed by atoms with E-state index in [1.165, 1.54) is 25.7 Å². The Kier molecular flexibility index (Phi) is 15.3. The van der Waals surface area contributed by atoms with Gasteiger partial charge in [-0.05, 0) is 44.6 Å². The highest BCUT2D eigenvalue weighted by Gasteiger charge is 1.98. The van der Waals surface area contributed by atoms with E-state index in [1.807, 2.05) is 6.08 Å². The maximum absolute atomic E-state index is 10.3. The molecule has 0 amide bonds. The van der Waals surface area contributed by atoms with E-state index in [9.17, 15) is 9.90 Å². The second kappa shape index (κ2) is 16.6. The Morgan fingerprint density at radius 1 is 0.783 bits per heavy atom. The Morgan fingerprint density at radius 2 is 1.39 bits per heavy atom. The normalized spacial score (nSPS) is 12.8. The van der Waals surface area contributed by atoms with Crippen LogP contribution in [0.15, 0.2) is 48.3 Å². The van der Waals surface area contributed by atoms with E-state index in [4.69, 9.17) is 5.11 Å². The smallest absolute Gasteiger partial charge is 0.303 e. The summed E-state index contributed by atoms with van der Waals surface area (Å²) < 4.78 is 0. The van der Waals surface area contributed by atoms with E-state index in [0.29, 0.717) is 19.3 Å². The number of hydrogen-bond acceptors (Lipinski definition) is 2. The predicted molar refractivity (Wildman–Crippen MR) is 97.6 cm³/mol. The van der Waals surface area contributed by atoms with Gasteiger partial charge in [-0.3, -0.25) is 4.79 Å². The van der Waals surface area contributed by atoms with E-state index >= 15 is 0 Å². The number of aliphatic hydroxyl groups excluding tert-OH is 1. The summed E-state index contributed by atoms with van der Waals surface area (Å²) in [6, 6.07) is 0. The maximum Gasteiger partial charge on any atom is 0.303 e. The molecule has 0 aromatic rings. The van der Waals surface area contributed by atoms with Gasteiger partial charge in [0, 0.05) is 12.8 Å². The van der Waals surface area contributed by atoms with Gasteiger partial charge in [-0.2, -0.15) is 0 Å². The van der Waals surface area contributed by atoms with Crippen molar-refractivity contribution in [3.05, 3.63) is 48.3 Å². The molecule has 23 heavy (non-hydrogen) atoms. The number of carboxylic acids is 1. The number of allylic oxidation sites excluding steroid dienone is 8. The fourth-order valence-electron chi connectivity index (χ4n) is 2.00. The third-order valence-corrected chi connectivity index (χ3v) is 3.33. The van der Waals surface area contributed by atoms with Crippen molar-refractivity contribution in [2.75, 3.05) is 0 Å². The molecule has 0 aromatic heterocycles. The number of carboxylic acid groups (broad SMARTS) is 1.